The van der Waals surface area contributed by atoms with E-state index in [1.807, 2.05) is 6.92 Å². The summed E-state index contributed by atoms with van der Waals surface area (Å²) in [4.78, 5) is 22.8. The largest absolute Gasteiger partial charge is 0.480 e. The molecule has 0 saturated heterocycles. The lowest BCUT2D eigenvalue weighted by molar-refractivity contribution is -0.142. The zero-order valence-corrected chi connectivity index (χ0v) is 12.7. The molecule has 0 heterocycles. The second kappa shape index (κ2) is 7.99. The van der Waals surface area contributed by atoms with Crippen molar-refractivity contribution in [1.82, 2.24) is 5.32 Å². The van der Waals surface area contributed by atoms with E-state index in [-0.39, 0.29) is 6.42 Å². The van der Waals surface area contributed by atoms with Crippen molar-refractivity contribution in [3.05, 3.63) is 34.1 Å². The van der Waals surface area contributed by atoms with Crippen LogP contribution < -0.4 is 5.32 Å². The Labute approximate surface area is 125 Å². The molecule has 2 N–H and O–H groups in total. The Morgan fingerprint density at radius 1 is 1.45 bits per heavy atom. The third kappa shape index (κ3) is 5.28. The van der Waals surface area contributed by atoms with Gasteiger partial charge in [-0.15, -0.1) is 0 Å². The molecule has 4 nitrogen and oxygen atoms in total. The maximum Gasteiger partial charge on any atom is 0.326 e. The summed E-state index contributed by atoms with van der Waals surface area (Å²) in [6.45, 7) is 1.95. The Balaban J connectivity index is 2.60. The molecular formula is C14H17BrFNO3. The summed E-state index contributed by atoms with van der Waals surface area (Å²) in [5.74, 6) is -1.92. The van der Waals surface area contributed by atoms with Gasteiger partial charge in [0.05, 0.1) is 10.9 Å². The van der Waals surface area contributed by atoms with Crippen LogP contribution in [0.25, 0.3) is 0 Å². The van der Waals surface area contributed by atoms with E-state index in [1.54, 1.807) is 6.07 Å². The summed E-state index contributed by atoms with van der Waals surface area (Å²) in [6.07, 6.45) is 1.94. The standard InChI is InChI=1S/C14H17BrFNO3/c1-2-3-4-12(14(19)20)17-13(18)8-9-5-6-10(15)11(16)7-9/h5-7,12H,2-4,8H2,1H3,(H,17,18)(H,19,20). The van der Waals surface area contributed by atoms with Gasteiger partial charge in [-0.05, 0) is 40.0 Å². The molecule has 20 heavy (non-hydrogen) atoms. The number of hydrogen-bond acceptors (Lipinski definition) is 2. The molecule has 0 aliphatic rings. The molecule has 1 atom stereocenters. The van der Waals surface area contributed by atoms with Gasteiger partial charge in [-0.1, -0.05) is 25.8 Å². The predicted molar refractivity (Wildman–Crippen MR) is 76.9 cm³/mol. The molecule has 1 rings (SSSR count). The molecule has 0 aliphatic heterocycles. The van der Waals surface area contributed by atoms with Gasteiger partial charge in [-0.25, -0.2) is 9.18 Å². The van der Waals surface area contributed by atoms with E-state index in [0.717, 1.165) is 12.8 Å². The van der Waals surface area contributed by atoms with Crippen LogP contribution in [0.3, 0.4) is 0 Å². The lowest BCUT2D eigenvalue weighted by Crippen LogP contribution is -2.41. The van der Waals surface area contributed by atoms with Crippen LogP contribution in [0.5, 0.6) is 0 Å². The molecule has 0 aromatic heterocycles. The fourth-order valence-corrected chi connectivity index (χ4v) is 1.99. The quantitative estimate of drug-likeness (QED) is 0.798. The van der Waals surface area contributed by atoms with Gasteiger partial charge in [-0.2, -0.15) is 0 Å². The van der Waals surface area contributed by atoms with Crippen molar-refractivity contribution in [2.24, 2.45) is 0 Å². The van der Waals surface area contributed by atoms with E-state index in [4.69, 9.17) is 5.11 Å². The molecule has 6 heteroatoms. The molecular weight excluding hydrogens is 329 g/mol. The van der Waals surface area contributed by atoms with Crippen molar-refractivity contribution in [2.45, 2.75) is 38.6 Å². The number of rotatable bonds is 7. The summed E-state index contributed by atoms with van der Waals surface area (Å²) in [7, 11) is 0. The van der Waals surface area contributed by atoms with Crippen LogP contribution >= 0.6 is 15.9 Å². The van der Waals surface area contributed by atoms with Gasteiger partial charge in [0.1, 0.15) is 11.9 Å². The molecule has 0 aliphatic carbocycles. The van der Waals surface area contributed by atoms with E-state index in [2.05, 4.69) is 21.2 Å². The minimum Gasteiger partial charge on any atom is -0.480 e. The van der Waals surface area contributed by atoms with E-state index in [0.29, 0.717) is 16.5 Å². The molecule has 0 saturated carbocycles. The maximum absolute atomic E-state index is 13.3. The number of aliphatic carboxylic acids is 1. The third-order valence-corrected chi connectivity index (χ3v) is 3.47. The first-order valence-electron chi connectivity index (χ1n) is 6.40. The first-order chi connectivity index (χ1) is 9.43. The van der Waals surface area contributed by atoms with Crippen LogP contribution in [-0.4, -0.2) is 23.0 Å². The minimum atomic E-state index is -1.05. The highest BCUT2D eigenvalue weighted by atomic mass is 79.9. The molecule has 1 aromatic carbocycles. The Bertz CT molecular complexity index is 493. The third-order valence-electron chi connectivity index (χ3n) is 2.83. The fraction of sp³-hybridized carbons (Fsp3) is 0.429. The average Bonchev–Trinajstić information content (AvgIpc) is 2.38. The Kier molecular flexibility index (Phi) is 6.64. The summed E-state index contributed by atoms with van der Waals surface area (Å²) in [5, 5.41) is 11.5. The number of carboxylic acids is 1. The molecule has 1 unspecified atom stereocenters. The number of hydrogen-bond donors (Lipinski definition) is 2. The zero-order valence-electron chi connectivity index (χ0n) is 11.2. The summed E-state index contributed by atoms with van der Waals surface area (Å²) < 4.78 is 13.6. The topological polar surface area (TPSA) is 66.4 Å². The Morgan fingerprint density at radius 2 is 2.15 bits per heavy atom. The zero-order chi connectivity index (χ0) is 15.1. The number of unbranched alkanes of at least 4 members (excludes halogenated alkanes) is 1. The Hall–Kier alpha value is -1.43. The lowest BCUT2D eigenvalue weighted by atomic mass is 10.1. The predicted octanol–water partition coefficient (Wildman–Crippen LogP) is 2.89. The number of amides is 1. The highest BCUT2D eigenvalue weighted by Crippen LogP contribution is 2.16. The van der Waals surface area contributed by atoms with E-state index in [9.17, 15) is 14.0 Å². The molecule has 0 radical (unpaired) electrons. The normalized spacial score (nSPS) is 11.9. The lowest BCUT2D eigenvalue weighted by Gasteiger charge is -2.14. The van der Waals surface area contributed by atoms with Crippen molar-refractivity contribution in [3.63, 3.8) is 0 Å². The van der Waals surface area contributed by atoms with Crippen molar-refractivity contribution in [3.8, 4) is 0 Å². The van der Waals surface area contributed by atoms with Crippen LogP contribution in [0, 0.1) is 5.82 Å². The number of nitrogens with one attached hydrogen (secondary N) is 1. The fourth-order valence-electron chi connectivity index (χ4n) is 1.75. The molecule has 0 fully saturated rings. The van der Waals surface area contributed by atoms with Crippen molar-refractivity contribution in [2.75, 3.05) is 0 Å². The smallest absolute Gasteiger partial charge is 0.326 e. The van der Waals surface area contributed by atoms with Gasteiger partial charge < -0.3 is 10.4 Å². The van der Waals surface area contributed by atoms with Crippen LogP contribution in [-0.2, 0) is 16.0 Å². The maximum atomic E-state index is 13.3. The van der Waals surface area contributed by atoms with Gasteiger partial charge in [0, 0.05) is 0 Å². The van der Waals surface area contributed by atoms with Crippen LogP contribution in [0.1, 0.15) is 31.7 Å². The van der Waals surface area contributed by atoms with Gasteiger partial charge in [0.15, 0.2) is 0 Å². The number of carboxylic acid groups (broad SMARTS) is 1. The second-order valence-corrected chi connectivity index (χ2v) is 5.38. The summed E-state index contributed by atoms with van der Waals surface area (Å²) in [6, 6.07) is 3.51. The average molecular weight is 346 g/mol. The van der Waals surface area contributed by atoms with E-state index in [1.165, 1.54) is 12.1 Å². The number of halogens is 2. The second-order valence-electron chi connectivity index (χ2n) is 4.53. The molecule has 110 valence electrons. The van der Waals surface area contributed by atoms with Crippen molar-refractivity contribution in [1.29, 1.82) is 0 Å². The SMILES string of the molecule is CCCCC(NC(=O)Cc1ccc(Br)c(F)c1)C(=O)O. The van der Waals surface area contributed by atoms with Gasteiger partial charge in [0.25, 0.3) is 0 Å². The van der Waals surface area contributed by atoms with E-state index >= 15 is 0 Å². The highest BCUT2D eigenvalue weighted by molar-refractivity contribution is 9.10. The number of benzene rings is 1. The summed E-state index contributed by atoms with van der Waals surface area (Å²) in [5.41, 5.74) is 0.503. The first-order valence-corrected chi connectivity index (χ1v) is 7.19. The Morgan fingerprint density at radius 3 is 2.70 bits per heavy atom. The van der Waals surface area contributed by atoms with E-state index < -0.39 is 23.7 Å². The number of carbonyl (C=O) groups excluding carboxylic acids is 1. The first kappa shape index (κ1) is 16.6. The molecule has 0 spiro atoms. The molecule has 0 bridgehead atoms. The van der Waals surface area contributed by atoms with Gasteiger partial charge >= 0.3 is 5.97 Å². The number of carbonyl (C=O) groups is 2. The van der Waals surface area contributed by atoms with Crippen molar-refractivity contribution >= 4 is 27.8 Å². The van der Waals surface area contributed by atoms with Crippen LogP contribution in [0.2, 0.25) is 0 Å². The minimum absolute atomic E-state index is 0.0416. The molecule has 1 amide bonds. The molecule has 1 aromatic rings. The monoisotopic (exact) mass is 345 g/mol. The van der Waals surface area contributed by atoms with Gasteiger partial charge in [0.2, 0.25) is 5.91 Å². The van der Waals surface area contributed by atoms with Crippen molar-refractivity contribution < 1.29 is 19.1 Å². The highest BCUT2D eigenvalue weighted by Gasteiger charge is 2.19. The van der Waals surface area contributed by atoms with Crippen LogP contribution in [0.15, 0.2) is 22.7 Å². The summed E-state index contributed by atoms with van der Waals surface area (Å²) >= 11 is 3.03. The van der Waals surface area contributed by atoms with Crippen LogP contribution in [0.4, 0.5) is 4.39 Å². The van der Waals surface area contributed by atoms with Gasteiger partial charge in [-0.3, -0.25) is 4.79 Å².